The maximum absolute atomic E-state index is 11.9. The van der Waals surface area contributed by atoms with Gasteiger partial charge in [-0.25, -0.2) is 9.59 Å². The quantitative estimate of drug-likeness (QED) is 0.0855. The summed E-state index contributed by atoms with van der Waals surface area (Å²) in [5.74, 6) is 1.65. The number of urea groups is 1. The summed E-state index contributed by atoms with van der Waals surface area (Å²) in [5.41, 5.74) is 2.08. The Bertz CT molecular complexity index is 1160. The first-order valence-corrected chi connectivity index (χ1v) is 18.5. The van der Waals surface area contributed by atoms with Gasteiger partial charge < -0.3 is 49.1 Å². The van der Waals surface area contributed by atoms with Crippen molar-refractivity contribution < 1.29 is 42.7 Å². The van der Waals surface area contributed by atoms with Gasteiger partial charge in [-0.1, -0.05) is 44.0 Å². The topological polar surface area (TPSA) is 135 Å². The monoisotopic (exact) mass is 717 g/mol. The zero-order valence-corrected chi connectivity index (χ0v) is 31.4. The van der Waals surface area contributed by atoms with Gasteiger partial charge in [0.25, 0.3) is 0 Å². The van der Waals surface area contributed by atoms with Crippen LogP contribution < -0.4 is 25.4 Å². The van der Waals surface area contributed by atoms with E-state index in [2.05, 4.69) is 47.1 Å². The highest BCUT2D eigenvalue weighted by Crippen LogP contribution is 2.15. The molecule has 0 aliphatic heterocycles. The first kappa shape index (κ1) is 43.6. The van der Waals surface area contributed by atoms with Crippen molar-refractivity contribution in [3.63, 3.8) is 0 Å². The number of carbonyl (C=O) groups excluding carboxylic acids is 2. The van der Waals surface area contributed by atoms with E-state index in [0.29, 0.717) is 85.7 Å². The van der Waals surface area contributed by atoms with Gasteiger partial charge >= 0.3 is 12.1 Å². The molecule has 0 bridgehead atoms. The molecule has 3 amide bonds. The zero-order valence-electron chi connectivity index (χ0n) is 31.4. The number of nitrogens with one attached hydrogen (secondary N) is 3. The van der Waals surface area contributed by atoms with Crippen LogP contribution in [0, 0.1) is 0 Å². The number of hydrogen-bond donors (Lipinski definition) is 3. The van der Waals surface area contributed by atoms with Crippen LogP contribution in [0.25, 0.3) is 0 Å². The minimum Gasteiger partial charge on any atom is -0.491 e. The number of benzene rings is 2. The summed E-state index contributed by atoms with van der Waals surface area (Å²) in [7, 11) is 0. The van der Waals surface area contributed by atoms with E-state index in [1.807, 2.05) is 45.0 Å². The van der Waals surface area contributed by atoms with Gasteiger partial charge in [-0.05, 0) is 88.3 Å². The molecule has 12 heteroatoms. The van der Waals surface area contributed by atoms with Gasteiger partial charge in [-0.15, -0.1) is 0 Å². The van der Waals surface area contributed by atoms with E-state index in [4.69, 9.17) is 33.2 Å². The third kappa shape index (κ3) is 25.1. The van der Waals surface area contributed by atoms with Crippen molar-refractivity contribution >= 4 is 12.1 Å². The number of aryl methyl sites for hydroxylation is 2. The fourth-order valence-electron chi connectivity index (χ4n) is 4.66. The van der Waals surface area contributed by atoms with Crippen LogP contribution in [0.1, 0.15) is 70.9 Å². The van der Waals surface area contributed by atoms with Crippen molar-refractivity contribution in [2.24, 2.45) is 0 Å². The number of hydrogen-bond acceptors (Lipinski definition) is 9. The summed E-state index contributed by atoms with van der Waals surface area (Å²) in [6.07, 6.45) is 7.24. The lowest BCUT2D eigenvalue weighted by atomic mass is 10.1. The smallest absolute Gasteiger partial charge is 0.407 e. The standard InChI is InChI=1S/C39H63N3O9/c1-5-6-7-10-33-12-16-35(17-13-33)49-31-29-47-27-25-45-23-21-40-37(43)41-22-24-46-26-28-48-30-32-50-36-18-14-34(15-19-36)11-8-9-20-42-38(44)51-39(2,3)4/h12-19H,5-11,20-32H2,1-4H3,(H,42,44)(H2,40,41,43). The maximum atomic E-state index is 11.9. The molecule has 12 nitrogen and oxygen atoms in total. The summed E-state index contributed by atoms with van der Waals surface area (Å²) in [4.78, 5) is 23.6. The summed E-state index contributed by atoms with van der Waals surface area (Å²) in [6.45, 7) is 13.6. The molecule has 0 heterocycles. The predicted molar refractivity (Wildman–Crippen MR) is 199 cm³/mol. The lowest BCUT2D eigenvalue weighted by Crippen LogP contribution is -2.39. The fraction of sp³-hybridized carbons (Fsp3) is 0.641. The van der Waals surface area contributed by atoms with Gasteiger partial charge in [0.1, 0.15) is 30.3 Å². The molecule has 0 aromatic heterocycles. The SMILES string of the molecule is CCCCCc1ccc(OCCOCCOCCNC(=O)NCCOCCOCCOc2ccc(CCCCNC(=O)OC(C)(C)C)cc2)cc1. The van der Waals surface area contributed by atoms with Gasteiger partial charge in [-0.2, -0.15) is 0 Å². The van der Waals surface area contributed by atoms with Crippen molar-refractivity contribution in [1.82, 2.24) is 16.0 Å². The second-order valence-corrected chi connectivity index (χ2v) is 13.0. The van der Waals surface area contributed by atoms with Gasteiger partial charge in [0.2, 0.25) is 0 Å². The number of carbonyl (C=O) groups is 2. The normalized spacial score (nSPS) is 11.2. The third-order valence-electron chi connectivity index (χ3n) is 7.28. The van der Waals surface area contributed by atoms with Gasteiger partial charge in [0.05, 0.1) is 52.9 Å². The Labute approximate surface area is 305 Å². The first-order valence-electron chi connectivity index (χ1n) is 18.5. The molecule has 2 rings (SSSR count). The number of rotatable bonds is 29. The molecule has 51 heavy (non-hydrogen) atoms. The number of ether oxygens (including phenoxy) is 7. The molecule has 0 aliphatic carbocycles. The molecule has 0 spiro atoms. The molecule has 0 saturated carbocycles. The van der Waals surface area contributed by atoms with Crippen molar-refractivity contribution in [1.29, 1.82) is 0 Å². The molecular weight excluding hydrogens is 654 g/mol. The van der Waals surface area contributed by atoms with Crippen LogP contribution in [0.2, 0.25) is 0 Å². The Kier molecular flexibility index (Phi) is 24.0. The summed E-state index contributed by atoms with van der Waals surface area (Å²) >= 11 is 0. The third-order valence-corrected chi connectivity index (χ3v) is 7.28. The van der Waals surface area contributed by atoms with Crippen LogP contribution in [0.5, 0.6) is 11.5 Å². The van der Waals surface area contributed by atoms with Crippen LogP contribution in [0.4, 0.5) is 9.59 Å². The van der Waals surface area contributed by atoms with Crippen LogP contribution >= 0.6 is 0 Å². The lowest BCUT2D eigenvalue weighted by Gasteiger charge is -2.19. The molecule has 0 fully saturated rings. The van der Waals surface area contributed by atoms with E-state index in [-0.39, 0.29) is 12.1 Å². The van der Waals surface area contributed by atoms with Crippen molar-refractivity contribution in [2.45, 2.75) is 78.2 Å². The largest absolute Gasteiger partial charge is 0.491 e. The lowest BCUT2D eigenvalue weighted by molar-refractivity contribution is 0.0368. The Morgan fingerprint density at radius 2 is 0.961 bits per heavy atom. The van der Waals surface area contributed by atoms with E-state index in [9.17, 15) is 9.59 Å². The highest BCUT2D eigenvalue weighted by Gasteiger charge is 2.15. The van der Waals surface area contributed by atoms with E-state index in [1.54, 1.807) is 0 Å². The highest BCUT2D eigenvalue weighted by molar-refractivity contribution is 5.73. The highest BCUT2D eigenvalue weighted by atomic mass is 16.6. The number of amides is 3. The molecule has 0 radical (unpaired) electrons. The van der Waals surface area contributed by atoms with Crippen LogP contribution in [0.3, 0.4) is 0 Å². The molecule has 2 aromatic carbocycles. The summed E-state index contributed by atoms with van der Waals surface area (Å²) in [6, 6.07) is 16.0. The summed E-state index contributed by atoms with van der Waals surface area (Å²) < 4.78 is 38.8. The Hall–Kier alpha value is -3.58. The second kappa shape index (κ2) is 28.1. The van der Waals surface area contributed by atoms with E-state index < -0.39 is 5.60 Å². The molecule has 0 atom stereocenters. The van der Waals surface area contributed by atoms with Crippen LogP contribution in [0.15, 0.2) is 48.5 Å². The Morgan fingerprint density at radius 1 is 0.529 bits per heavy atom. The average Bonchev–Trinajstić information content (AvgIpc) is 3.10. The van der Waals surface area contributed by atoms with E-state index >= 15 is 0 Å². The van der Waals surface area contributed by atoms with E-state index in [1.165, 1.54) is 30.4 Å². The maximum Gasteiger partial charge on any atom is 0.407 e. The molecular formula is C39H63N3O9. The number of unbranched alkanes of at least 4 members (excludes halogenated alkanes) is 3. The van der Waals surface area contributed by atoms with Gasteiger partial charge in [0, 0.05) is 19.6 Å². The summed E-state index contributed by atoms with van der Waals surface area (Å²) in [5, 5.41) is 8.28. The van der Waals surface area contributed by atoms with Gasteiger partial charge in [0.15, 0.2) is 0 Å². The second-order valence-electron chi connectivity index (χ2n) is 13.0. The first-order chi connectivity index (χ1) is 24.7. The zero-order chi connectivity index (χ0) is 36.8. The molecule has 2 aromatic rings. The van der Waals surface area contributed by atoms with Crippen LogP contribution in [-0.4, -0.2) is 103 Å². The van der Waals surface area contributed by atoms with Crippen molar-refractivity contribution in [3.8, 4) is 11.5 Å². The molecule has 288 valence electrons. The molecule has 0 unspecified atom stereocenters. The fourth-order valence-corrected chi connectivity index (χ4v) is 4.66. The Balaban J connectivity index is 1.30. The minimum atomic E-state index is -0.483. The molecule has 3 N–H and O–H groups in total. The molecule has 0 aliphatic rings. The van der Waals surface area contributed by atoms with Crippen molar-refractivity contribution in [2.75, 3.05) is 85.7 Å². The molecule has 0 saturated heterocycles. The van der Waals surface area contributed by atoms with Crippen LogP contribution in [-0.2, 0) is 36.5 Å². The van der Waals surface area contributed by atoms with Crippen molar-refractivity contribution in [3.05, 3.63) is 59.7 Å². The van der Waals surface area contributed by atoms with Gasteiger partial charge in [-0.3, -0.25) is 0 Å². The average molecular weight is 718 g/mol. The predicted octanol–water partition coefficient (Wildman–Crippen LogP) is 6.09. The minimum absolute atomic E-state index is 0.265. The Morgan fingerprint density at radius 3 is 1.41 bits per heavy atom. The van der Waals surface area contributed by atoms with E-state index in [0.717, 1.165) is 37.2 Å². The number of alkyl carbamates (subject to hydrolysis) is 1.